The zero-order valence-electron chi connectivity index (χ0n) is 16.2. The molecule has 0 spiro atoms. The summed E-state index contributed by atoms with van der Waals surface area (Å²) in [6.07, 6.45) is 3.64. The lowest BCUT2D eigenvalue weighted by molar-refractivity contribution is 0.324. The number of rotatable bonds is 5. The smallest absolute Gasteiger partial charge is 0.248 e. The predicted molar refractivity (Wildman–Crippen MR) is 96.6 cm³/mol. The molecule has 0 aromatic carbocycles. The first-order chi connectivity index (χ1) is 12.7. The number of nitrogens with zero attached hydrogens (tertiary/aromatic N) is 4. The van der Waals surface area contributed by atoms with E-state index in [-0.39, 0.29) is 16.2 Å². The van der Waals surface area contributed by atoms with Gasteiger partial charge in [-0.15, -0.1) is 0 Å². The molecule has 148 valence electrons. The minimum atomic E-state index is -3.67. The van der Waals surface area contributed by atoms with E-state index in [1.54, 1.807) is 18.2 Å². The van der Waals surface area contributed by atoms with Crippen molar-refractivity contribution in [1.29, 1.82) is 0 Å². The third kappa shape index (κ3) is 2.91. The van der Waals surface area contributed by atoms with Crippen LogP contribution in [0.4, 0.5) is 0 Å². The van der Waals surface area contributed by atoms with Gasteiger partial charge in [-0.25, -0.2) is 8.42 Å². The highest BCUT2D eigenvalue weighted by Crippen LogP contribution is 2.50. The Morgan fingerprint density at radius 2 is 2.04 bits per heavy atom. The molecule has 0 radical (unpaired) electrons. The van der Waals surface area contributed by atoms with Gasteiger partial charge in [0.05, 0.1) is 5.41 Å². The van der Waals surface area contributed by atoms with E-state index in [9.17, 15) is 8.42 Å². The summed E-state index contributed by atoms with van der Waals surface area (Å²) in [4.78, 5) is 4.84. The van der Waals surface area contributed by atoms with E-state index in [4.69, 9.17) is 9.05 Å². The van der Waals surface area contributed by atoms with E-state index in [2.05, 4.69) is 29.1 Å². The third-order valence-corrected chi connectivity index (χ3v) is 7.96. The SMILES string of the molecule is Cc1noc(C)c1S(=O)(=O)N1C[C@H]2CCC[C@@]2(c2noc(CC(C)C)n2)C1. The molecule has 0 amide bonds. The van der Waals surface area contributed by atoms with E-state index in [0.717, 1.165) is 25.7 Å². The first-order valence-electron chi connectivity index (χ1n) is 9.50. The van der Waals surface area contributed by atoms with E-state index in [1.165, 1.54) is 0 Å². The Kier molecular flexibility index (Phi) is 4.42. The van der Waals surface area contributed by atoms with Crippen LogP contribution < -0.4 is 0 Å². The maximum absolute atomic E-state index is 13.3. The molecule has 1 saturated heterocycles. The minimum absolute atomic E-state index is 0.186. The molecule has 9 heteroatoms. The van der Waals surface area contributed by atoms with Crippen LogP contribution >= 0.6 is 0 Å². The molecule has 1 aliphatic carbocycles. The van der Waals surface area contributed by atoms with Crippen LogP contribution in [0.15, 0.2) is 13.9 Å². The molecule has 3 heterocycles. The van der Waals surface area contributed by atoms with Crippen LogP contribution in [0.5, 0.6) is 0 Å². The van der Waals surface area contributed by atoms with Crippen molar-refractivity contribution in [2.24, 2.45) is 11.8 Å². The normalized spacial score (nSPS) is 26.2. The van der Waals surface area contributed by atoms with Crippen LogP contribution in [0.3, 0.4) is 0 Å². The molecule has 0 unspecified atom stereocenters. The summed E-state index contributed by atoms with van der Waals surface area (Å²) in [5.74, 6) is 2.26. The fourth-order valence-electron chi connectivity index (χ4n) is 4.65. The summed E-state index contributed by atoms with van der Waals surface area (Å²) < 4.78 is 38.6. The zero-order valence-corrected chi connectivity index (χ0v) is 17.0. The van der Waals surface area contributed by atoms with Gasteiger partial charge < -0.3 is 9.05 Å². The van der Waals surface area contributed by atoms with Crippen LogP contribution in [0.2, 0.25) is 0 Å². The van der Waals surface area contributed by atoms with Crippen LogP contribution in [0.1, 0.15) is 56.3 Å². The molecular formula is C18H26N4O4S. The van der Waals surface area contributed by atoms with Gasteiger partial charge in [-0.05, 0) is 38.5 Å². The lowest BCUT2D eigenvalue weighted by atomic mass is 9.80. The summed E-state index contributed by atoms with van der Waals surface area (Å²) in [7, 11) is -3.67. The van der Waals surface area contributed by atoms with Crippen molar-refractivity contribution in [1.82, 2.24) is 19.6 Å². The first kappa shape index (κ1) is 18.6. The Morgan fingerprint density at radius 1 is 1.26 bits per heavy atom. The van der Waals surface area contributed by atoms with Crippen molar-refractivity contribution in [3.8, 4) is 0 Å². The van der Waals surface area contributed by atoms with Crippen LogP contribution in [-0.2, 0) is 21.9 Å². The highest BCUT2D eigenvalue weighted by molar-refractivity contribution is 7.89. The van der Waals surface area contributed by atoms with Gasteiger partial charge in [-0.2, -0.15) is 9.29 Å². The highest BCUT2D eigenvalue weighted by Gasteiger charge is 2.56. The predicted octanol–water partition coefficient (Wildman–Crippen LogP) is 2.62. The van der Waals surface area contributed by atoms with Gasteiger partial charge in [0.2, 0.25) is 15.9 Å². The topological polar surface area (TPSA) is 102 Å². The molecule has 0 N–H and O–H groups in total. The largest absolute Gasteiger partial charge is 0.360 e. The maximum atomic E-state index is 13.3. The van der Waals surface area contributed by atoms with Crippen molar-refractivity contribution >= 4 is 10.0 Å². The molecule has 1 aliphatic heterocycles. The van der Waals surface area contributed by atoms with Gasteiger partial charge in [0, 0.05) is 19.5 Å². The first-order valence-corrected chi connectivity index (χ1v) is 10.9. The number of hydrogen-bond acceptors (Lipinski definition) is 7. The van der Waals surface area contributed by atoms with Crippen LogP contribution in [0, 0.1) is 25.7 Å². The number of fused-ring (bicyclic) bond motifs is 1. The number of sulfonamides is 1. The average molecular weight is 394 g/mol. The molecule has 1 saturated carbocycles. The quantitative estimate of drug-likeness (QED) is 0.768. The monoisotopic (exact) mass is 394 g/mol. The maximum Gasteiger partial charge on any atom is 0.248 e. The number of aromatic nitrogens is 3. The minimum Gasteiger partial charge on any atom is -0.360 e. The Balaban J connectivity index is 1.67. The van der Waals surface area contributed by atoms with Crippen molar-refractivity contribution in [2.75, 3.05) is 13.1 Å². The fraction of sp³-hybridized carbons (Fsp3) is 0.722. The lowest BCUT2D eigenvalue weighted by Crippen LogP contribution is -2.35. The fourth-order valence-corrected chi connectivity index (χ4v) is 6.50. The summed E-state index contributed by atoms with van der Waals surface area (Å²) in [5.41, 5.74) is 0.0440. The van der Waals surface area contributed by atoms with E-state index in [1.807, 2.05) is 0 Å². The molecule has 2 aliphatic rings. The van der Waals surface area contributed by atoms with E-state index >= 15 is 0 Å². The standard InChI is InChI=1S/C18H26N4O4S/c1-11(2)8-15-19-17(21-26-15)18-7-5-6-14(18)9-22(10-18)27(23,24)16-12(3)20-25-13(16)4/h11,14H,5-10H2,1-4H3/t14-,18-/m1/s1. The van der Waals surface area contributed by atoms with Crippen molar-refractivity contribution < 1.29 is 17.5 Å². The molecular weight excluding hydrogens is 368 g/mol. The Labute approximate surface area is 159 Å². The molecule has 0 bridgehead atoms. The molecule has 2 atom stereocenters. The van der Waals surface area contributed by atoms with E-state index < -0.39 is 10.0 Å². The Hall–Kier alpha value is -1.74. The summed E-state index contributed by atoms with van der Waals surface area (Å²) >= 11 is 0. The third-order valence-electron chi connectivity index (χ3n) is 5.90. The molecule has 2 fully saturated rings. The van der Waals surface area contributed by atoms with Crippen LogP contribution in [0.25, 0.3) is 0 Å². The summed E-state index contributed by atoms with van der Waals surface area (Å²) in [6, 6.07) is 0. The van der Waals surface area contributed by atoms with Crippen molar-refractivity contribution in [3.05, 3.63) is 23.2 Å². The zero-order chi connectivity index (χ0) is 19.4. The van der Waals surface area contributed by atoms with E-state index in [0.29, 0.717) is 42.2 Å². The van der Waals surface area contributed by atoms with Gasteiger partial charge in [0.1, 0.15) is 10.6 Å². The van der Waals surface area contributed by atoms with Gasteiger partial charge in [-0.3, -0.25) is 0 Å². The second-order valence-corrected chi connectivity index (χ2v) is 10.2. The summed E-state index contributed by atoms with van der Waals surface area (Å²) in [6.45, 7) is 8.36. The van der Waals surface area contributed by atoms with Gasteiger partial charge in [0.15, 0.2) is 11.6 Å². The molecule has 2 aromatic rings. The average Bonchev–Trinajstić information content (AvgIpc) is 3.29. The second-order valence-electron chi connectivity index (χ2n) is 8.31. The molecule has 4 rings (SSSR count). The van der Waals surface area contributed by atoms with Crippen molar-refractivity contribution in [2.45, 2.75) is 63.7 Å². The number of hydrogen-bond donors (Lipinski definition) is 0. The second kappa shape index (κ2) is 6.41. The molecule has 2 aromatic heterocycles. The molecule has 8 nitrogen and oxygen atoms in total. The Bertz CT molecular complexity index is 929. The lowest BCUT2D eigenvalue weighted by Gasteiger charge is -2.24. The Morgan fingerprint density at radius 3 is 2.70 bits per heavy atom. The number of aryl methyl sites for hydroxylation is 2. The van der Waals surface area contributed by atoms with Gasteiger partial charge in [0.25, 0.3) is 0 Å². The molecule has 27 heavy (non-hydrogen) atoms. The van der Waals surface area contributed by atoms with Gasteiger partial charge in [-0.1, -0.05) is 30.6 Å². The van der Waals surface area contributed by atoms with Gasteiger partial charge >= 0.3 is 0 Å². The van der Waals surface area contributed by atoms with Crippen molar-refractivity contribution in [3.63, 3.8) is 0 Å². The highest BCUT2D eigenvalue weighted by atomic mass is 32.2. The van der Waals surface area contributed by atoms with Crippen LogP contribution in [-0.4, -0.2) is 41.1 Å². The summed E-state index contributed by atoms with van der Waals surface area (Å²) in [5, 5.41) is 8.07.